The van der Waals surface area contributed by atoms with Gasteiger partial charge in [0.15, 0.2) is 18.1 Å². The van der Waals surface area contributed by atoms with Gasteiger partial charge in [0.05, 0.1) is 18.8 Å². The molecule has 10 unspecified atom stereocenters. The van der Waals surface area contributed by atoms with Gasteiger partial charge in [0.1, 0.15) is 54.6 Å². The highest BCUT2D eigenvalue weighted by Crippen LogP contribution is 2.32. The van der Waals surface area contributed by atoms with Crippen LogP contribution in [0.5, 0.6) is 17.2 Å². The Balaban J connectivity index is 1.44. The maximum atomic E-state index is 13.1. The number of ether oxygens (including phenoxy) is 5. The van der Waals surface area contributed by atoms with Crippen molar-refractivity contribution in [1.82, 2.24) is 0 Å². The first kappa shape index (κ1) is 30.1. The molecule has 4 rings (SSSR count). The molecule has 0 spiro atoms. The average molecular weight is 569 g/mol. The lowest BCUT2D eigenvalue weighted by Gasteiger charge is -2.39. The Morgan fingerprint density at radius 1 is 0.625 bits per heavy atom. The van der Waals surface area contributed by atoms with Crippen molar-refractivity contribution in [2.24, 2.45) is 0 Å². The van der Waals surface area contributed by atoms with Crippen molar-refractivity contribution in [2.75, 3.05) is 19.8 Å². The van der Waals surface area contributed by atoms with Gasteiger partial charge in [-0.05, 0) is 24.3 Å². The van der Waals surface area contributed by atoms with Gasteiger partial charge in [-0.3, -0.25) is 4.79 Å². The number of aliphatic hydroxyl groups excluding tert-OH is 8. The lowest BCUT2D eigenvalue weighted by molar-refractivity contribution is -0.277. The van der Waals surface area contributed by atoms with Crippen molar-refractivity contribution in [3.8, 4) is 17.2 Å². The molecule has 0 aliphatic carbocycles. The van der Waals surface area contributed by atoms with Crippen LogP contribution < -0.4 is 14.2 Å². The standard InChI is InChI=1S/C26H32O14/c27-9-17-19(30)21(32)23(34)25(39-17)37-14-6-2-1-5-12(14)13(29)11-36-15-7-3-4-8-16(15)38-26-24(35)22(33)20(31)18(10-28)40-26/h1-8,17-28,30-35H,9-11H2. The fourth-order valence-electron chi connectivity index (χ4n) is 4.27. The second kappa shape index (κ2) is 13.2. The van der Waals surface area contributed by atoms with Gasteiger partial charge in [0, 0.05) is 0 Å². The lowest BCUT2D eigenvalue weighted by atomic mass is 9.99. The van der Waals surface area contributed by atoms with Crippen LogP contribution in [0.4, 0.5) is 0 Å². The normalized spacial score (nSPS) is 34.2. The predicted molar refractivity (Wildman–Crippen MR) is 131 cm³/mol. The molecule has 2 aromatic rings. The zero-order chi connectivity index (χ0) is 29.0. The van der Waals surface area contributed by atoms with E-state index in [4.69, 9.17) is 23.7 Å². The third kappa shape index (κ3) is 6.37. The van der Waals surface area contributed by atoms with E-state index in [-0.39, 0.29) is 22.8 Å². The number of ketones is 1. The van der Waals surface area contributed by atoms with Crippen molar-refractivity contribution in [2.45, 2.75) is 61.4 Å². The molecule has 2 aromatic carbocycles. The number of hydrogen-bond acceptors (Lipinski definition) is 14. The highest BCUT2D eigenvalue weighted by atomic mass is 16.7. The second-order valence-electron chi connectivity index (χ2n) is 9.29. The van der Waals surface area contributed by atoms with E-state index in [1.54, 1.807) is 24.3 Å². The Kier molecular flexibility index (Phi) is 9.91. The van der Waals surface area contributed by atoms with Gasteiger partial charge in [-0.15, -0.1) is 0 Å². The maximum absolute atomic E-state index is 13.1. The van der Waals surface area contributed by atoms with Gasteiger partial charge in [-0.2, -0.15) is 0 Å². The Hall–Kier alpha value is -2.89. The minimum absolute atomic E-state index is 0.0220. The Labute approximate surface area is 228 Å². The molecule has 14 heteroatoms. The number of aliphatic hydroxyl groups is 8. The summed E-state index contributed by atoms with van der Waals surface area (Å²) in [6, 6.07) is 12.1. The minimum Gasteiger partial charge on any atom is -0.482 e. The topological polar surface area (TPSA) is 225 Å². The van der Waals surface area contributed by atoms with Crippen molar-refractivity contribution >= 4 is 5.78 Å². The van der Waals surface area contributed by atoms with Crippen molar-refractivity contribution in [1.29, 1.82) is 0 Å². The van der Waals surface area contributed by atoms with Gasteiger partial charge in [0.25, 0.3) is 0 Å². The molecular formula is C26H32O14. The maximum Gasteiger partial charge on any atom is 0.229 e. The van der Waals surface area contributed by atoms with E-state index in [1.807, 2.05) is 0 Å². The monoisotopic (exact) mass is 568 g/mol. The summed E-state index contributed by atoms with van der Waals surface area (Å²) in [5.74, 6) is -0.486. The van der Waals surface area contributed by atoms with Crippen LogP contribution in [0, 0.1) is 0 Å². The van der Waals surface area contributed by atoms with Crippen LogP contribution in [0.1, 0.15) is 10.4 Å². The molecule has 14 nitrogen and oxygen atoms in total. The third-order valence-corrected chi connectivity index (χ3v) is 6.58. The SMILES string of the molecule is O=C(COc1ccccc1OC1OC(CO)C(O)C(O)C1O)c1ccccc1OC1OC(CO)C(O)C(O)C1O. The molecule has 10 atom stereocenters. The summed E-state index contributed by atoms with van der Waals surface area (Å²) in [4.78, 5) is 13.1. The van der Waals surface area contributed by atoms with E-state index in [1.165, 1.54) is 24.3 Å². The van der Waals surface area contributed by atoms with Crippen LogP contribution in [0.3, 0.4) is 0 Å². The van der Waals surface area contributed by atoms with Crippen molar-refractivity contribution in [3.05, 3.63) is 54.1 Å². The van der Waals surface area contributed by atoms with Gasteiger partial charge < -0.3 is 64.5 Å². The van der Waals surface area contributed by atoms with Crippen LogP contribution in [0.2, 0.25) is 0 Å². The fraction of sp³-hybridized carbons (Fsp3) is 0.500. The highest BCUT2D eigenvalue weighted by molar-refractivity contribution is 5.99. The lowest BCUT2D eigenvalue weighted by Crippen LogP contribution is -2.60. The van der Waals surface area contributed by atoms with E-state index in [0.717, 1.165) is 0 Å². The fourth-order valence-corrected chi connectivity index (χ4v) is 4.27. The van der Waals surface area contributed by atoms with Gasteiger partial charge >= 0.3 is 0 Å². The number of rotatable bonds is 10. The molecule has 2 saturated heterocycles. The zero-order valence-electron chi connectivity index (χ0n) is 21.0. The Bertz CT molecular complexity index is 1130. The van der Waals surface area contributed by atoms with Gasteiger partial charge in [0.2, 0.25) is 18.4 Å². The van der Waals surface area contributed by atoms with Crippen LogP contribution in [0.25, 0.3) is 0 Å². The summed E-state index contributed by atoms with van der Waals surface area (Å²) in [5.41, 5.74) is 0.0341. The van der Waals surface area contributed by atoms with Crippen LogP contribution in [-0.2, 0) is 9.47 Å². The first-order valence-electron chi connectivity index (χ1n) is 12.4. The Morgan fingerprint density at radius 2 is 1.07 bits per heavy atom. The molecule has 0 bridgehead atoms. The van der Waals surface area contributed by atoms with E-state index >= 15 is 0 Å². The molecule has 8 N–H and O–H groups in total. The minimum atomic E-state index is -1.68. The second-order valence-corrected chi connectivity index (χ2v) is 9.29. The summed E-state index contributed by atoms with van der Waals surface area (Å²) in [5, 5.41) is 79.3. The summed E-state index contributed by atoms with van der Waals surface area (Å²) in [7, 11) is 0. The van der Waals surface area contributed by atoms with Crippen LogP contribution in [0.15, 0.2) is 48.5 Å². The average Bonchev–Trinajstić information content (AvgIpc) is 2.97. The van der Waals surface area contributed by atoms with Crippen LogP contribution >= 0.6 is 0 Å². The summed E-state index contributed by atoms with van der Waals surface area (Å²) >= 11 is 0. The first-order valence-corrected chi connectivity index (χ1v) is 12.4. The van der Waals surface area contributed by atoms with E-state index in [0.29, 0.717) is 0 Å². The molecule has 0 radical (unpaired) electrons. The molecule has 0 aromatic heterocycles. The highest BCUT2D eigenvalue weighted by Gasteiger charge is 2.46. The van der Waals surface area contributed by atoms with E-state index in [9.17, 15) is 45.6 Å². The molecule has 2 heterocycles. The molecule has 2 aliphatic heterocycles. The zero-order valence-corrected chi connectivity index (χ0v) is 21.0. The summed E-state index contributed by atoms with van der Waals surface area (Å²) < 4.78 is 27.6. The summed E-state index contributed by atoms with van der Waals surface area (Å²) in [6.45, 7) is -1.81. The van der Waals surface area contributed by atoms with Gasteiger partial charge in [-0.1, -0.05) is 24.3 Å². The molecule has 2 aliphatic rings. The van der Waals surface area contributed by atoms with Crippen molar-refractivity contribution in [3.63, 3.8) is 0 Å². The quantitative estimate of drug-likeness (QED) is 0.137. The van der Waals surface area contributed by atoms with Crippen LogP contribution in [-0.4, -0.2) is 128 Å². The molecule has 40 heavy (non-hydrogen) atoms. The largest absolute Gasteiger partial charge is 0.482 e. The van der Waals surface area contributed by atoms with Crippen molar-refractivity contribution < 1.29 is 69.3 Å². The number of hydrogen-bond donors (Lipinski definition) is 8. The number of carbonyl (C=O) groups is 1. The molecule has 0 amide bonds. The number of benzene rings is 2. The predicted octanol–water partition coefficient (Wildman–Crippen LogP) is -2.69. The summed E-state index contributed by atoms with van der Waals surface area (Å²) in [6.07, 6.45) is -15.1. The van der Waals surface area contributed by atoms with Gasteiger partial charge in [-0.25, -0.2) is 0 Å². The molecule has 0 saturated carbocycles. The molecule has 220 valence electrons. The molecular weight excluding hydrogens is 536 g/mol. The Morgan fingerprint density at radius 3 is 1.60 bits per heavy atom. The number of Topliss-reactive ketones (excluding diaryl/α,β-unsaturated/α-hetero) is 1. The smallest absolute Gasteiger partial charge is 0.229 e. The number of carbonyl (C=O) groups excluding carboxylic acids is 1. The third-order valence-electron chi connectivity index (χ3n) is 6.58. The van der Waals surface area contributed by atoms with E-state index in [2.05, 4.69) is 0 Å². The number of para-hydroxylation sites is 3. The molecule has 2 fully saturated rings. The van der Waals surface area contributed by atoms with E-state index < -0.39 is 87.0 Å². The first-order chi connectivity index (χ1) is 19.2.